The summed E-state index contributed by atoms with van der Waals surface area (Å²) in [5.74, 6) is 0. The fourth-order valence-corrected chi connectivity index (χ4v) is 4.07. The summed E-state index contributed by atoms with van der Waals surface area (Å²) in [6, 6.07) is 8.94. The van der Waals surface area contributed by atoms with Crippen LogP contribution in [0.1, 0.15) is 57.2 Å². The Morgan fingerprint density at radius 2 is 2.00 bits per heavy atom. The van der Waals surface area contributed by atoms with Gasteiger partial charge in [-0.3, -0.25) is 0 Å². The molecule has 0 aliphatic rings. The van der Waals surface area contributed by atoms with E-state index in [1.807, 2.05) is 61.8 Å². The molecule has 0 aliphatic heterocycles. The van der Waals surface area contributed by atoms with Crippen molar-refractivity contribution in [3.05, 3.63) is 60.0 Å². The molecule has 2 atom stereocenters. The third kappa shape index (κ3) is 6.06. The Labute approximate surface area is 192 Å². The predicted molar refractivity (Wildman–Crippen MR) is 124 cm³/mol. The van der Waals surface area contributed by atoms with E-state index >= 15 is 0 Å². The van der Waals surface area contributed by atoms with Crippen molar-refractivity contribution in [2.24, 2.45) is 0 Å². The van der Waals surface area contributed by atoms with Crippen molar-refractivity contribution in [1.82, 2.24) is 19.6 Å². The molecule has 0 aliphatic carbocycles. The highest BCUT2D eigenvalue weighted by Gasteiger charge is 2.29. The van der Waals surface area contributed by atoms with Crippen LogP contribution < -0.4 is 5.32 Å². The molecule has 3 aromatic rings. The number of hydrogen-bond donors (Lipinski definition) is 1. The number of benzene rings is 1. The van der Waals surface area contributed by atoms with E-state index < -0.39 is 18.6 Å². The van der Waals surface area contributed by atoms with Gasteiger partial charge in [0, 0.05) is 43.2 Å². The Balaban J connectivity index is 1.79. The maximum Gasteiger partial charge on any atom is 0.389 e. The van der Waals surface area contributed by atoms with Crippen LogP contribution in [-0.4, -0.2) is 39.1 Å². The summed E-state index contributed by atoms with van der Waals surface area (Å²) in [4.78, 5) is 18.9. The molecule has 0 bridgehead atoms. The van der Waals surface area contributed by atoms with E-state index in [9.17, 15) is 18.0 Å². The van der Waals surface area contributed by atoms with Gasteiger partial charge in [-0.15, -0.1) is 0 Å². The second kappa shape index (κ2) is 10.3. The van der Waals surface area contributed by atoms with Crippen LogP contribution in [0, 0.1) is 6.92 Å². The lowest BCUT2D eigenvalue weighted by molar-refractivity contribution is -0.136. The van der Waals surface area contributed by atoms with Crippen molar-refractivity contribution in [1.29, 1.82) is 0 Å². The number of alkyl halides is 3. The van der Waals surface area contributed by atoms with Gasteiger partial charge in [0.15, 0.2) is 0 Å². The molecule has 178 valence electrons. The van der Waals surface area contributed by atoms with E-state index in [1.54, 1.807) is 18.0 Å². The minimum Gasteiger partial charge on any atom is -0.335 e. The van der Waals surface area contributed by atoms with Crippen molar-refractivity contribution < 1.29 is 18.0 Å². The molecule has 2 heterocycles. The smallest absolute Gasteiger partial charge is 0.335 e. The highest BCUT2D eigenvalue weighted by atomic mass is 19.4. The number of aryl methyl sites for hydroxylation is 1. The normalized spacial score (nSPS) is 13.7. The van der Waals surface area contributed by atoms with Gasteiger partial charge in [0.25, 0.3) is 0 Å². The Hall–Kier alpha value is -3.03. The lowest BCUT2D eigenvalue weighted by atomic mass is 9.98. The first-order chi connectivity index (χ1) is 15.6. The molecule has 0 radical (unpaired) electrons. The van der Waals surface area contributed by atoms with E-state index in [1.165, 1.54) is 0 Å². The van der Waals surface area contributed by atoms with Crippen molar-refractivity contribution >= 4 is 11.7 Å². The topological polar surface area (TPSA) is 49.6 Å². The first kappa shape index (κ1) is 24.6. The van der Waals surface area contributed by atoms with Gasteiger partial charge in [-0.2, -0.15) is 13.2 Å². The van der Waals surface area contributed by atoms with Gasteiger partial charge < -0.3 is 14.6 Å². The van der Waals surface area contributed by atoms with E-state index in [0.717, 1.165) is 27.9 Å². The van der Waals surface area contributed by atoms with Crippen molar-refractivity contribution in [3.63, 3.8) is 0 Å². The van der Waals surface area contributed by atoms with Gasteiger partial charge in [-0.05, 0) is 62.4 Å². The molecule has 0 fully saturated rings. The van der Waals surface area contributed by atoms with Crippen molar-refractivity contribution in [3.8, 4) is 11.1 Å². The average Bonchev–Trinajstić information content (AvgIpc) is 3.23. The molecule has 5 nitrogen and oxygen atoms in total. The van der Waals surface area contributed by atoms with Gasteiger partial charge in [0.2, 0.25) is 0 Å². The number of amides is 2. The number of imidazole rings is 1. The minimum absolute atomic E-state index is 0.122. The number of carbonyl (C=O) groups excluding carboxylic acids is 1. The maximum atomic E-state index is 12.9. The summed E-state index contributed by atoms with van der Waals surface area (Å²) in [7, 11) is 0. The molecule has 2 aromatic heterocycles. The number of aromatic nitrogens is 2. The Kier molecular flexibility index (Phi) is 7.66. The van der Waals surface area contributed by atoms with Crippen molar-refractivity contribution in [2.75, 3.05) is 6.54 Å². The molecule has 2 amide bonds. The summed E-state index contributed by atoms with van der Waals surface area (Å²) >= 11 is 0. The second-order valence-corrected chi connectivity index (χ2v) is 8.36. The molecule has 1 N–H and O–H groups in total. The molecular formula is C25H31F3N4O. The minimum atomic E-state index is -4.23. The van der Waals surface area contributed by atoms with Crippen LogP contribution >= 0.6 is 0 Å². The van der Waals surface area contributed by atoms with E-state index in [2.05, 4.69) is 16.4 Å². The fraction of sp³-hybridized carbons (Fsp3) is 0.440. The SMILES string of the molecule is CCC(CCC(F)(F)F)NC(=O)N(CC)C(C)c1cccc(-c2cn3ccnc3cc2C)c1. The molecule has 0 saturated heterocycles. The largest absolute Gasteiger partial charge is 0.389 e. The number of hydrogen-bond acceptors (Lipinski definition) is 2. The van der Waals surface area contributed by atoms with Crippen LogP contribution in [-0.2, 0) is 0 Å². The van der Waals surface area contributed by atoms with Gasteiger partial charge in [0.05, 0.1) is 6.04 Å². The lowest BCUT2D eigenvalue weighted by Crippen LogP contribution is -2.45. The molecule has 3 rings (SSSR count). The third-order valence-electron chi connectivity index (χ3n) is 6.08. The molecule has 8 heteroatoms. The number of urea groups is 1. The zero-order chi connectivity index (χ0) is 24.2. The van der Waals surface area contributed by atoms with Crippen LogP contribution in [0.2, 0.25) is 0 Å². The number of carbonyl (C=O) groups is 1. The molecule has 33 heavy (non-hydrogen) atoms. The van der Waals surface area contributed by atoms with Crippen LogP contribution in [0.15, 0.2) is 48.9 Å². The summed E-state index contributed by atoms with van der Waals surface area (Å²) in [5.41, 5.74) is 5.03. The molecule has 1 aromatic carbocycles. The van der Waals surface area contributed by atoms with E-state index in [-0.39, 0.29) is 18.5 Å². The number of rotatable bonds is 8. The number of nitrogens with zero attached hydrogens (tertiary/aromatic N) is 3. The van der Waals surface area contributed by atoms with Crippen LogP contribution in [0.5, 0.6) is 0 Å². The Morgan fingerprint density at radius 3 is 2.67 bits per heavy atom. The predicted octanol–water partition coefficient (Wildman–Crippen LogP) is 6.52. The number of pyridine rings is 1. The van der Waals surface area contributed by atoms with E-state index in [4.69, 9.17) is 0 Å². The number of halogens is 3. The quantitative estimate of drug-likeness (QED) is 0.416. The highest BCUT2D eigenvalue weighted by molar-refractivity contribution is 5.75. The Bertz CT molecular complexity index is 1090. The van der Waals surface area contributed by atoms with Crippen LogP contribution in [0.4, 0.5) is 18.0 Å². The van der Waals surface area contributed by atoms with Gasteiger partial charge in [-0.25, -0.2) is 9.78 Å². The monoisotopic (exact) mass is 460 g/mol. The number of fused-ring (bicyclic) bond motifs is 1. The van der Waals surface area contributed by atoms with Crippen LogP contribution in [0.25, 0.3) is 16.8 Å². The summed E-state index contributed by atoms with van der Waals surface area (Å²) in [6.45, 7) is 8.06. The van der Waals surface area contributed by atoms with E-state index in [0.29, 0.717) is 13.0 Å². The van der Waals surface area contributed by atoms with Gasteiger partial charge >= 0.3 is 12.2 Å². The zero-order valence-corrected chi connectivity index (χ0v) is 19.5. The maximum absolute atomic E-state index is 12.9. The Morgan fingerprint density at radius 1 is 1.24 bits per heavy atom. The summed E-state index contributed by atoms with van der Waals surface area (Å²) in [5, 5.41) is 2.79. The zero-order valence-electron chi connectivity index (χ0n) is 19.5. The first-order valence-corrected chi connectivity index (χ1v) is 11.3. The molecule has 0 spiro atoms. The fourth-order valence-electron chi connectivity index (χ4n) is 4.07. The first-order valence-electron chi connectivity index (χ1n) is 11.3. The van der Waals surface area contributed by atoms with Gasteiger partial charge in [0.1, 0.15) is 5.65 Å². The summed E-state index contributed by atoms with van der Waals surface area (Å²) < 4.78 is 39.8. The third-order valence-corrected chi connectivity index (χ3v) is 6.08. The van der Waals surface area contributed by atoms with Crippen LogP contribution in [0.3, 0.4) is 0 Å². The molecular weight excluding hydrogens is 429 g/mol. The second-order valence-electron chi connectivity index (χ2n) is 8.36. The molecule has 0 saturated carbocycles. The number of nitrogens with one attached hydrogen (secondary N) is 1. The summed E-state index contributed by atoms with van der Waals surface area (Å²) in [6.07, 6.45) is 0.884. The lowest BCUT2D eigenvalue weighted by Gasteiger charge is -2.31. The van der Waals surface area contributed by atoms with Crippen molar-refractivity contribution in [2.45, 2.75) is 65.2 Å². The standard InChI is InChI=1S/C25H31F3N4O/c1-5-21(10-11-25(26,27)28)30-24(33)32(6-2)18(4)19-8-7-9-20(15-19)22-16-31-13-12-29-23(31)14-17(22)3/h7-9,12-16,18,21H,5-6,10-11H2,1-4H3,(H,30,33). The van der Waals surface area contributed by atoms with Gasteiger partial charge in [-0.1, -0.05) is 25.1 Å². The molecule has 2 unspecified atom stereocenters. The highest BCUT2D eigenvalue weighted by Crippen LogP contribution is 2.29. The average molecular weight is 461 g/mol.